The zero-order valence-electron chi connectivity index (χ0n) is 33.4. The normalized spacial score (nSPS) is 53.3. The summed E-state index contributed by atoms with van der Waals surface area (Å²) in [5, 5.41) is 23.3. The smallest absolute Gasteiger partial charge is 0.504 e. The van der Waals surface area contributed by atoms with Gasteiger partial charge < -0.3 is 57.3 Å². The molecule has 0 aromatic heterocycles. The van der Waals surface area contributed by atoms with Crippen molar-refractivity contribution >= 4 is 18.9 Å². The van der Waals surface area contributed by atoms with Gasteiger partial charge in [0, 0.05) is 35.5 Å². The third kappa shape index (κ3) is 6.66. The predicted octanol–water partition coefficient (Wildman–Crippen LogP) is 4.15. The molecule has 6 fully saturated rings. The molecule has 14 nitrogen and oxygen atoms in total. The van der Waals surface area contributed by atoms with E-state index in [9.17, 15) is 19.8 Å². The van der Waals surface area contributed by atoms with Crippen molar-refractivity contribution in [2.24, 2.45) is 22.7 Å². The molecular weight excluding hydrogens is 715 g/mol. The number of hydrogen-bond donors (Lipinski definition) is 2. The number of esters is 2. The minimum absolute atomic E-state index is 0.318. The van der Waals surface area contributed by atoms with E-state index in [1.54, 1.807) is 0 Å². The molecule has 0 saturated carbocycles. The highest BCUT2D eigenvalue weighted by atomic mass is 17.0. The number of rotatable bonds is 0. The van der Waals surface area contributed by atoms with E-state index in [1.165, 1.54) is 0 Å². The molecule has 55 heavy (non-hydrogen) atoms. The van der Waals surface area contributed by atoms with Crippen LogP contribution in [0.2, 0.25) is 0 Å². The number of hydrogen-bond acceptors (Lipinski definition) is 14. The van der Waals surface area contributed by atoms with Crippen molar-refractivity contribution in [3.8, 4) is 0 Å². The lowest BCUT2D eigenvalue weighted by Crippen LogP contribution is -2.61. The largest absolute Gasteiger partial charge is 0.536 e. The Balaban J connectivity index is 1.27. The Morgan fingerprint density at radius 3 is 1.44 bits per heavy atom. The first-order valence-corrected chi connectivity index (χ1v) is 20.5. The summed E-state index contributed by atoms with van der Waals surface area (Å²) in [7, 11) is 0. The summed E-state index contributed by atoms with van der Waals surface area (Å²) in [6.45, 7) is 11.8. The SMILES string of the molecule is CC1CC[C@@H]2OC13O[B-]14OC3C(=O)OC3CC(/C=C/C[C@H](O)C(C)(C)[C@@H]5CCC(C)C(O5)(O1)C(O4)C(=O)O[C@H]1C[C@@H](/C=C/C[C@@H](O)C2(C)C)O[C@@H]1C)O[C@@H]3C. The molecule has 3 spiro atoms. The Kier molecular flexibility index (Phi) is 10.2. The predicted molar refractivity (Wildman–Crippen MR) is 194 cm³/mol. The van der Waals surface area contributed by atoms with Gasteiger partial charge in [0.05, 0.1) is 48.8 Å². The fourth-order valence-corrected chi connectivity index (χ4v) is 10.1. The first-order valence-electron chi connectivity index (χ1n) is 20.5. The molecule has 0 aromatic rings. The first-order chi connectivity index (χ1) is 25.9. The van der Waals surface area contributed by atoms with Gasteiger partial charge in [-0.25, -0.2) is 9.59 Å². The van der Waals surface area contributed by atoms with Crippen LogP contribution in [0.4, 0.5) is 0 Å². The first kappa shape index (κ1) is 39.9. The average molecular weight is 776 g/mol. The van der Waals surface area contributed by atoms with Gasteiger partial charge in [0.15, 0.2) is 23.8 Å². The average Bonchev–Trinajstić information content (AvgIpc) is 3.84. The van der Waals surface area contributed by atoms with Crippen LogP contribution >= 0.6 is 0 Å². The Bertz CT molecular complexity index is 1440. The molecular formula is C40H60BO14-. The van der Waals surface area contributed by atoms with E-state index in [2.05, 4.69) is 0 Å². The molecule has 8 aliphatic heterocycles. The van der Waals surface area contributed by atoms with Crippen molar-refractivity contribution in [2.45, 2.75) is 192 Å². The van der Waals surface area contributed by atoms with Gasteiger partial charge >= 0.3 is 18.9 Å². The number of aliphatic hydroxyl groups is 2. The molecule has 8 aliphatic rings. The van der Waals surface area contributed by atoms with Crippen molar-refractivity contribution < 1.29 is 66.8 Å². The molecule has 8 heterocycles. The zero-order chi connectivity index (χ0) is 39.3. The maximum Gasteiger partial charge on any atom is 0.536 e. The summed E-state index contributed by atoms with van der Waals surface area (Å²) < 4.78 is 65.8. The molecule has 17 atom stereocenters. The molecule has 0 radical (unpaired) electrons. The molecule has 11 bridgehead atoms. The molecule has 2 N–H and O–H groups in total. The van der Waals surface area contributed by atoms with Crippen LogP contribution in [0, 0.1) is 22.7 Å². The maximum absolute atomic E-state index is 14.6. The lowest BCUT2D eigenvalue weighted by Gasteiger charge is -2.52. The second-order valence-electron chi connectivity index (χ2n) is 18.6. The Morgan fingerprint density at radius 2 is 1.04 bits per heavy atom. The number of carbonyl (C=O) groups is 2. The Morgan fingerprint density at radius 1 is 0.636 bits per heavy atom. The highest BCUT2D eigenvalue weighted by Gasteiger charge is 2.73. The highest BCUT2D eigenvalue weighted by molar-refractivity contribution is 6.56. The molecule has 6 saturated heterocycles. The van der Waals surface area contributed by atoms with Crippen molar-refractivity contribution in [1.29, 1.82) is 0 Å². The van der Waals surface area contributed by atoms with Crippen LogP contribution in [-0.2, 0) is 56.6 Å². The quantitative estimate of drug-likeness (QED) is 0.205. The third-order valence-electron chi connectivity index (χ3n) is 14.3. The molecule has 308 valence electrons. The van der Waals surface area contributed by atoms with E-state index in [0.29, 0.717) is 51.4 Å². The van der Waals surface area contributed by atoms with Gasteiger partial charge in [-0.05, 0) is 52.4 Å². The van der Waals surface area contributed by atoms with Crippen molar-refractivity contribution in [1.82, 2.24) is 0 Å². The van der Waals surface area contributed by atoms with E-state index in [4.69, 9.17) is 47.0 Å². The number of aliphatic hydroxyl groups excluding tert-OH is 2. The van der Waals surface area contributed by atoms with Crippen LogP contribution in [0.3, 0.4) is 0 Å². The number of ether oxygens (including phenoxy) is 6. The second-order valence-corrected chi connectivity index (χ2v) is 18.6. The van der Waals surface area contributed by atoms with Gasteiger partial charge in [-0.15, -0.1) is 0 Å². The fraction of sp³-hybridized carbons (Fsp3) is 0.850. The second kappa shape index (κ2) is 14.1. The molecule has 8 rings (SSSR count). The third-order valence-corrected chi connectivity index (χ3v) is 14.3. The van der Waals surface area contributed by atoms with E-state index in [1.807, 2.05) is 79.7 Å². The maximum atomic E-state index is 14.6. The summed E-state index contributed by atoms with van der Waals surface area (Å²) in [6, 6.07) is 0. The van der Waals surface area contributed by atoms with Crippen LogP contribution in [0.15, 0.2) is 24.3 Å². The molecule has 0 aromatic carbocycles. The van der Waals surface area contributed by atoms with Crippen LogP contribution in [0.25, 0.3) is 0 Å². The zero-order valence-corrected chi connectivity index (χ0v) is 33.4. The molecule has 0 aliphatic carbocycles. The molecule has 0 amide bonds. The van der Waals surface area contributed by atoms with Gasteiger partial charge in [-0.3, -0.25) is 0 Å². The minimum Gasteiger partial charge on any atom is -0.504 e. The van der Waals surface area contributed by atoms with Crippen LogP contribution < -0.4 is 0 Å². The Labute approximate surface area is 323 Å². The van der Waals surface area contributed by atoms with Crippen molar-refractivity contribution in [3.05, 3.63) is 24.3 Å². The Hall–Kier alpha value is -1.92. The van der Waals surface area contributed by atoms with Gasteiger partial charge in [0.1, 0.15) is 12.2 Å². The summed E-state index contributed by atoms with van der Waals surface area (Å²) in [5.41, 5.74) is -1.64. The van der Waals surface area contributed by atoms with E-state index in [0.717, 1.165) is 0 Å². The summed E-state index contributed by atoms with van der Waals surface area (Å²) in [5.74, 6) is -6.02. The highest BCUT2D eigenvalue weighted by Crippen LogP contribution is 2.57. The standard InChI is InChI=1S/C40H60BO14/c1-21-15-17-31-37(5,6)29(42)13-9-11-26-20-28(24(4)47-26)49-36(45)34-40-22(2)16-18-32(51-40)38(7,8)30(43)14-10-12-25-19-27(23(3)46-25)48-35(44)33-39(21,50-31)54-41(52-33,53-34)55-40/h9-12,21-34,42-43H,13-20H2,1-8H3/q-1/b11-9+,12-10+/t21?,22?,23-,24-,25-,26?,27+,28?,29+,30-,31+,32+,33?,34?,39?,40?,41?/m1/s1. The van der Waals surface area contributed by atoms with Gasteiger partial charge in [0.25, 0.3) is 0 Å². The van der Waals surface area contributed by atoms with E-state index in [-0.39, 0.29) is 12.2 Å². The number of carbonyl (C=O) groups excluding carboxylic acids is 2. The van der Waals surface area contributed by atoms with E-state index >= 15 is 0 Å². The van der Waals surface area contributed by atoms with Gasteiger partial charge in [0.2, 0.25) is 0 Å². The monoisotopic (exact) mass is 775 g/mol. The van der Waals surface area contributed by atoms with Gasteiger partial charge in [-0.2, -0.15) is 0 Å². The van der Waals surface area contributed by atoms with Gasteiger partial charge in [-0.1, -0.05) is 65.8 Å². The topological polar surface area (TPSA) is 167 Å². The van der Waals surface area contributed by atoms with Crippen LogP contribution in [0.1, 0.15) is 107 Å². The molecule has 15 heteroatoms. The summed E-state index contributed by atoms with van der Waals surface area (Å²) in [6.07, 6.45) is 2.49. The lowest BCUT2D eigenvalue weighted by atomic mass is 9.73. The fourth-order valence-electron chi connectivity index (χ4n) is 10.1. The lowest BCUT2D eigenvalue weighted by molar-refractivity contribution is -0.310. The van der Waals surface area contributed by atoms with Crippen molar-refractivity contribution in [3.63, 3.8) is 0 Å². The van der Waals surface area contributed by atoms with Crippen LogP contribution in [0.5, 0.6) is 0 Å². The minimum atomic E-state index is -3.42. The van der Waals surface area contributed by atoms with E-state index < -0.39 is 114 Å². The molecule has 9 unspecified atom stereocenters. The summed E-state index contributed by atoms with van der Waals surface area (Å²) in [4.78, 5) is 29.2. The van der Waals surface area contributed by atoms with Crippen LogP contribution in [-0.4, -0.2) is 114 Å². The number of fused-ring (bicyclic) bond motifs is 8. The summed E-state index contributed by atoms with van der Waals surface area (Å²) >= 11 is 0. The van der Waals surface area contributed by atoms with Crippen molar-refractivity contribution in [2.75, 3.05) is 0 Å².